The summed E-state index contributed by atoms with van der Waals surface area (Å²) in [6.45, 7) is 3.85. The van der Waals surface area contributed by atoms with Gasteiger partial charge in [-0.25, -0.2) is 0 Å². The summed E-state index contributed by atoms with van der Waals surface area (Å²) in [5, 5.41) is 3.26. The molecule has 1 N–H and O–H groups in total. The molecular formula is C10H13NO. The molecule has 1 aromatic rings. The van der Waals surface area contributed by atoms with Gasteiger partial charge in [0.15, 0.2) is 0 Å². The van der Waals surface area contributed by atoms with E-state index in [2.05, 4.69) is 17.4 Å². The number of nitrogens with one attached hydrogen (secondary N) is 1. The standard InChI is InChI=1S/C10H13NO/c1-2-12-9-5-3-8(4-6-9)10-7-11-10/h3-6,10-11H,2,7H2,1H3. The van der Waals surface area contributed by atoms with Crippen molar-refractivity contribution in [2.24, 2.45) is 0 Å². The molecule has 0 saturated carbocycles. The molecule has 0 radical (unpaired) electrons. The van der Waals surface area contributed by atoms with E-state index in [1.54, 1.807) is 0 Å². The summed E-state index contributed by atoms with van der Waals surface area (Å²) in [6, 6.07) is 8.89. The smallest absolute Gasteiger partial charge is 0.119 e. The number of benzene rings is 1. The first-order chi connectivity index (χ1) is 5.90. The van der Waals surface area contributed by atoms with E-state index < -0.39 is 0 Å². The topological polar surface area (TPSA) is 31.2 Å². The Kier molecular flexibility index (Phi) is 2.00. The van der Waals surface area contributed by atoms with Gasteiger partial charge in [0.25, 0.3) is 0 Å². The van der Waals surface area contributed by atoms with Crippen LogP contribution in [0.25, 0.3) is 0 Å². The van der Waals surface area contributed by atoms with Gasteiger partial charge in [0, 0.05) is 12.6 Å². The van der Waals surface area contributed by atoms with E-state index in [0.29, 0.717) is 6.04 Å². The average molecular weight is 163 g/mol. The summed E-state index contributed by atoms with van der Waals surface area (Å²) in [4.78, 5) is 0. The molecule has 2 nitrogen and oxygen atoms in total. The quantitative estimate of drug-likeness (QED) is 0.688. The first kappa shape index (κ1) is 7.62. The van der Waals surface area contributed by atoms with Crippen LogP contribution in [0.3, 0.4) is 0 Å². The Morgan fingerprint density at radius 3 is 2.58 bits per heavy atom. The minimum atomic E-state index is 0.598. The van der Waals surface area contributed by atoms with Crippen molar-refractivity contribution < 1.29 is 4.74 Å². The van der Waals surface area contributed by atoms with Crippen LogP contribution in [-0.2, 0) is 0 Å². The van der Waals surface area contributed by atoms with Crippen molar-refractivity contribution in [3.63, 3.8) is 0 Å². The van der Waals surface area contributed by atoms with E-state index in [1.165, 1.54) is 5.56 Å². The van der Waals surface area contributed by atoms with E-state index in [1.807, 2.05) is 19.1 Å². The van der Waals surface area contributed by atoms with Gasteiger partial charge in [0.1, 0.15) is 5.75 Å². The van der Waals surface area contributed by atoms with Gasteiger partial charge in [-0.3, -0.25) is 0 Å². The van der Waals surface area contributed by atoms with Gasteiger partial charge in [-0.1, -0.05) is 12.1 Å². The number of ether oxygens (including phenoxy) is 1. The van der Waals surface area contributed by atoms with Crippen LogP contribution < -0.4 is 10.1 Å². The summed E-state index contributed by atoms with van der Waals surface area (Å²) in [5.41, 5.74) is 1.36. The highest BCUT2D eigenvalue weighted by Crippen LogP contribution is 2.23. The van der Waals surface area contributed by atoms with Crippen molar-refractivity contribution in [2.45, 2.75) is 13.0 Å². The molecule has 0 aliphatic carbocycles. The molecule has 0 bridgehead atoms. The van der Waals surface area contributed by atoms with Crippen molar-refractivity contribution in [3.8, 4) is 5.75 Å². The lowest BCUT2D eigenvalue weighted by Crippen LogP contribution is -1.91. The molecule has 1 aliphatic heterocycles. The molecule has 1 fully saturated rings. The average Bonchev–Trinajstić information content (AvgIpc) is 2.89. The number of rotatable bonds is 3. The zero-order chi connectivity index (χ0) is 8.39. The third-order valence-corrected chi connectivity index (χ3v) is 2.00. The number of hydrogen-bond acceptors (Lipinski definition) is 2. The highest BCUT2D eigenvalue weighted by Gasteiger charge is 2.21. The second-order valence-corrected chi connectivity index (χ2v) is 2.96. The van der Waals surface area contributed by atoms with Crippen molar-refractivity contribution in [1.29, 1.82) is 0 Å². The Hall–Kier alpha value is -1.02. The molecule has 64 valence electrons. The molecule has 12 heavy (non-hydrogen) atoms. The SMILES string of the molecule is CCOc1ccc(C2CN2)cc1. The maximum Gasteiger partial charge on any atom is 0.119 e. The predicted octanol–water partition coefficient (Wildman–Crippen LogP) is 1.73. The molecule has 1 heterocycles. The molecule has 2 heteroatoms. The zero-order valence-electron chi connectivity index (χ0n) is 7.21. The Bertz CT molecular complexity index is 251. The largest absolute Gasteiger partial charge is 0.494 e. The van der Waals surface area contributed by atoms with Crippen LogP contribution in [0.15, 0.2) is 24.3 Å². The molecule has 0 amide bonds. The van der Waals surface area contributed by atoms with Crippen LogP contribution >= 0.6 is 0 Å². The van der Waals surface area contributed by atoms with Crippen LogP contribution in [-0.4, -0.2) is 13.2 Å². The summed E-state index contributed by atoms with van der Waals surface area (Å²) in [6.07, 6.45) is 0. The molecule has 1 aliphatic rings. The maximum absolute atomic E-state index is 5.34. The molecule has 1 unspecified atom stereocenters. The lowest BCUT2D eigenvalue weighted by atomic mass is 10.1. The normalized spacial score (nSPS) is 20.6. The molecule has 2 rings (SSSR count). The minimum Gasteiger partial charge on any atom is -0.494 e. The van der Waals surface area contributed by atoms with Gasteiger partial charge < -0.3 is 10.1 Å². The van der Waals surface area contributed by atoms with Crippen molar-refractivity contribution in [2.75, 3.05) is 13.2 Å². The van der Waals surface area contributed by atoms with Crippen molar-refractivity contribution in [3.05, 3.63) is 29.8 Å². The lowest BCUT2D eigenvalue weighted by Gasteiger charge is -2.02. The van der Waals surface area contributed by atoms with Gasteiger partial charge in [-0.05, 0) is 24.6 Å². The molecule has 0 aromatic heterocycles. The first-order valence-corrected chi connectivity index (χ1v) is 4.36. The van der Waals surface area contributed by atoms with Crippen LogP contribution in [0.5, 0.6) is 5.75 Å². The second-order valence-electron chi connectivity index (χ2n) is 2.96. The van der Waals surface area contributed by atoms with Crippen LogP contribution in [0.1, 0.15) is 18.5 Å². The van der Waals surface area contributed by atoms with Gasteiger partial charge in [0.2, 0.25) is 0 Å². The monoisotopic (exact) mass is 163 g/mol. The van der Waals surface area contributed by atoms with Gasteiger partial charge >= 0.3 is 0 Å². The zero-order valence-corrected chi connectivity index (χ0v) is 7.21. The summed E-state index contributed by atoms with van der Waals surface area (Å²) in [5.74, 6) is 0.960. The molecule has 1 aromatic carbocycles. The lowest BCUT2D eigenvalue weighted by molar-refractivity contribution is 0.340. The fourth-order valence-electron chi connectivity index (χ4n) is 1.26. The highest BCUT2D eigenvalue weighted by atomic mass is 16.5. The summed E-state index contributed by atoms with van der Waals surface area (Å²) < 4.78 is 5.34. The third-order valence-electron chi connectivity index (χ3n) is 2.00. The number of hydrogen-bond donors (Lipinski definition) is 1. The molecule has 1 atom stereocenters. The van der Waals surface area contributed by atoms with Crippen LogP contribution in [0.2, 0.25) is 0 Å². The fourth-order valence-corrected chi connectivity index (χ4v) is 1.26. The predicted molar refractivity (Wildman–Crippen MR) is 48.4 cm³/mol. The Balaban J connectivity index is 2.08. The van der Waals surface area contributed by atoms with Crippen LogP contribution in [0.4, 0.5) is 0 Å². The van der Waals surface area contributed by atoms with E-state index in [9.17, 15) is 0 Å². The van der Waals surface area contributed by atoms with Gasteiger partial charge in [-0.15, -0.1) is 0 Å². The Morgan fingerprint density at radius 1 is 1.42 bits per heavy atom. The van der Waals surface area contributed by atoms with Crippen molar-refractivity contribution in [1.82, 2.24) is 5.32 Å². The maximum atomic E-state index is 5.34. The molecule has 1 saturated heterocycles. The van der Waals surface area contributed by atoms with E-state index in [4.69, 9.17) is 4.74 Å². The molecular weight excluding hydrogens is 150 g/mol. The van der Waals surface area contributed by atoms with Gasteiger partial charge in [0.05, 0.1) is 6.61 Å². The minimum absolute atomic E-state index is 0.598. The molecule has 0 spiro atoms. The van der Waals surface area contributed by atoms with Gasteiger partial charge in [-0.2, -0.15) is 0 Å². The Morgan fingerprint density at radius 2 is 2.08 bits per heavy atom. The fraction of sp³-hybridized carbons (Fsp3) is 0.400. The third kappa shape index (κ3) is 1.59. The van der Waals surface area contributed by atoms with E-state index in [0.717, 1.165) is 18.9 Å². The Labute approximate surface area is 72.5 Å². The first-order valence-electron chi connectivity index (χ1n) is 4.36. The van der Waals surface area contributed by atoms with Crippen molar-refractivity contribution >= 4 is 0 Å². The van der Waals surface area contributed by atoms with Crippen LogP contribution in [0, 0.1) is 0 Å². The van der Waals surface area contributed by atoms with E-state index >= 15 is 0 Å². The second kappa shape index (κ2) is 3.15. The van der Waals surface area contributed by atoms with E-state index in [-0.39, 0.29) is 0 Å². The summed E-state index contributed by atoms with van der Waals surface area (Å²) in [7, 11) is 0. The summed E-state index contributed by atoms with van der Waals surface area (Å²) >= 11 is 0. The highest BCUT2D eigenvalue weighted by molar-refractivity contribution is 5.31.